The second kappa shape index (κ2) is 10.2. The fourth-order valence-corrected chi connectivity index (χ4v) is 6.49. The summed E-state index contributed by atoms with van der Waals surface area (Å²) in [6, 6.07) is 24.1. The van der Waals surface area contributed by atoms with Crippen LogP contribution in [-0.4, -0.2) is 10.5 Å². The summed E-state index contributed by atoms with van der Waals surface area (Å²) < 4.78 is 9.12. The summed E-state index contributed by atoms with van der Waals surface area (Å²) in [4.78, 5) is 33.4. The van der Waals surface area contributed by atoms with Crippen LogP contribution in [0, 0.1) is 0 Å². The van der Waals surface area contributed by atoms with E-state index in [1.54, 1.807) is 10.6 Å². The van der Waals surface area contributed by atoms with Crippen molar-refractivity contribution in [3.8, 4) is 11.3 Å². The van der Waals surface area contributed by atoms with Crippen molar-refractivity contribution in [3.63, 3.8) is 0 Å². The molecule has 1 amide bonds. The Kier molecular flexibility index (Phi) is 6.57. The molecule has 188 valence electrons. The first-order valence-corrected chi connectivity index (χ1v) is 14.2. The van der Waals surface area contributed by atoms with Crippen molar-refractivity contribution in [1.29, 1.82) is 0 Å². The van der Waals surface area contributed by atoms with E-state index in [1.165, 1.54) is 22.7 Å². The standard InChI is InChI=1S/C29H20BrN3O3S2/c1-17-25(27(34)32-20-6-3-2-4-7-20)26(23-8-5-15-37-23)33-28(35)24(38-29(33)31-17)16-21-13-14-22(36-21)18-9-11-19(30)12-10-18/h2-16,26H,1H3,(H,32,34). The van der Waals surface area contributed by atoms with Gasteiger partial charge in [-0.3, -0.25) is 14.2 Å². The Morgan fingerprint density at radius 3 is 2.58 bits per heavy atom. The number of benzene rings is 2. The van der Waals surface area contributed by atoms with Crippen LogP contribution in [0.15, 0.2) is 114 Å². The van der Waals surface area contributed by atoms with Crippen molar-refractivity contribution in [3.05, 3.63) is 130 Å². The predicted molar refractivity (Wildman–Crippen MR) is 155 cm³/mol. The van der Waals surface area contributed by atoms with E-state index in [0.29, 0.717) is 37.8 Å². The van der Waals surface area contributed by atoms with Gasteiger partial charge in [0, 0.05) is 26.7 Å². The Labute approximate surface area is 234 Å². The van der Waals surface area contributed by atoms with Gasteiger partial charge in [0.05, 0.1) is 15.8 Å². The van der Waals surface area contributed by atoms with Crippen LogP contribution in [0.25, 0.3) is 17.4 Å². The molecule has 6 rings (SSSR count). The van der Waals surface area contributed by atoms with E-state index in [-0.39, 0.29) is 11.5 Å². The first kappa shape index (κ1) is 24.5. The number of thiophene rings is 1. The zero-order chi connectivity index (χ0) is 26.2. The number of fused-ring (bicyclic) bond motifs is 1. The van der Waals surface area contributed by atoms with Crippen molar-refractivity contribution < 1.29 is 9.21 Å². The zero-order valence-electron chi connectivity index (χ0n) is 20.1. The smallest absolute Gasteiger partial charge is 0.271 e. The molecule has 1 unspecified atom stereocenters. The number of furan rings is 1. The van der Waals surface area contributed by atoms with Crippen LogP contribution in [0.4, 0.5) is 5.69 Å². The molecule has 4 heterocycles. The molecule has 38 heavy (non-hydrogen) atoms. The number of thiazole rings is 1. The average molecular weight is 603 g/mol. The summed E-state index contributed by atoms with van der Waals surface area (Å²) in [7, 11) is 0. The zero-order valence-corrected chi connectivity index (χ0v) is 23.3. The lowest BCUT2D eigenvalue weighted by molar-refractivity contribution is -0.113. The molecule has 0 saturated carbocycles. The topological polar surface area (TPSA) is 76.6 Å². The summed E-state index contributed by atoms with van der Waals surface area (Å²) in [6.07, 6.45) is 1.74. The number of nitrogens with one attached hydrogen (secondary N) is 1. The van der Waals surface area contributed by atoms with Crippen molar-refractivity contribution in [2.45, 2.75) is 13.0 Å². The van der Waals surface area contributed by atoms with Gasteiger partial charge in [-0.1, -0.05) is 63.7 Å². The van der Waals surface area contributed by atoms with Gasteiger partial charge < -0.3 is 9.73 Å². The van der Waals surface area contributed by atoms with Crippen LogP contribution in [0.5, 0.6) is 0 Å². The van der Waals surface area contributed by atoms with Gasteiger partial charge in [0.15, 0.2) is 4.80 Å². The van der Waals surface area contributed by atoms with Gasteiger partial charge in [-0.15, -0.1) is 11.3 Å². The largest absolute Gasteiger partial charge is 0.457 e. The van der Waals surface area contributed by atoms with Crippen LogP contribution >= 0.6 is 38.6 Å². The number of para-hydroxylation sites is 1. The minimum Gasteiger partial charge on any atom is -0.457 e. The van der Waals surface area contributed by atoms with Gasteiger partial charge in [0.2, 0.25) is 0 Å². The fraction of sp³-hybridized carbons (Fsp3) is 0.0690. The predicted octanol–water partition coefficient (Wildman–Crippen LogP) is 5.96. The number of hydrogen-bond acceptors (Lipinski definition) is 6. The minimum absolute atomic E-state index is 0.216. The summed E-state index contributed by atoms with van der Waals surface area (Å²) >= 11 is 6.24. The van der Waals surface area contributed by atoms with Gasteiger partial charge in [-0.05, 0) is 54.8 Å². The summed E-state index contributed by atoms with van der Waals surface area (Å²) in [5.74, 6) is 0.998. The van der Waals surface area contributed by atoms with Crippen LogP contribution in [0.2, 0.25) is 0 Å². The summed E-state index contributed by atoms with van der Waals surface area (Å²) in [6.45, 7) is 1.81. The molecule has 5 aromatic rings. The maximum atomic E-state index is 13.8. The van der Waals surface area contributed by atoms with Crippen molar-refractivity contribution >= 4 is 56.3 Å². The Morgan fingerprint density at radius 1 is 1.05 bits per heavy atom. The third-order valence-electron chi connectivity index (χ3n) is 6.14. The summed E-state index contributed by atoms with van der Waals surface area (Å²) in [5.41, 5.74) is 2.44. The Hall–Kier alpha value is -3.79. The maximum Gasteiger partial charge on any atom is 0.271 e. The monoisotopic (exact) mass is 601 g/mol. The highest BCUT2D eigenvalue weighted by atomic mass is 79.9. The number of carbonyl (C=O) groups excluding carboxylic acids is 1. The average Bonchev–Trinajstić information content (AvgIpc) is 3.66. The molecule has 1 N–H and O–H groups in total. The molecule has 1 atom stereocenters. The van der Waals surface area contributed by atoms with E-state index in [1.807, 2.05) is 91.2 Å². The lowest BCUT2D eigenvalue weighted by atomic mass is 10.0. The molecule has 9 heteroatoms. The Morgan fingerprint density at radius 2 is 1.84 bits per heavy atom. The second-order valence-corrected chi connectivity index (χ2v) is 11.5. The number of carbonyl (C=O) groups is 1. The van der Waals surface area contributed by atoms with Crippen molar-refractivity contribution in [2.24, 2.45) is 4.99 Å². The van der Waals surface area contributed by atoms with E-state index in [0.717, 1.165) is 14.9 Å². The maximum absolute atomic E-state index is 13.8. The molecule has 6 nitrogen and oxygen atoms in total. The number of hydrogen-bond donors (Lipinski definition) is 1. The van der Waals surface area contributed by atoms with E-state index in [4.69, 9.17) is 4.42 Å². The summed E-state index contributed by atoms with van der Waals surface area (Å²) in [5, 5.41) is 4.91. The molecule has 0 fully saturated rings. The van der Waals surface area contributed by atoms with Gasteiger partial charge >= 0.3 is 0 Å². The van der Waals surface area contributed by atoms with E-state index < -0.39 is 6.04 Å². The number of nitrogens with zero attached hydrogens (tertiary/aromatic N) is 2. The van der Waals surface area contributed by atoms with E-state index in [2.05, 4.69) is 26.2 Å². The molecule has 2 aromatic carbocycles. The van der Waals surface area contributed by atoms with Crippen LogP contribution < -0.4 is 20.2 Å². The molecular formula is C29H20BrN3O3S2. The molecular weight excluding hydrogens is 582 g/mol. The van der Waals surface area contributed by atoms with E-state index in [9.17, 15) is 9.59 Å². The first-order valence-electron chi connectivity index (χ1n) is 11.8. The highest BCUT2D eigenvalue weighted by Gasteiger charge is 2.33. The first-order chi connectivity index (χ1) is 18.5. The molecule has 0 saturated heterocycles. The van der Waals surface area contributed by atoms with Crippen LogP contribution in [0.3, 0.4) is 0 Å². The molecule has 1 aliphatic heterocycles. The number of anilines is 1. The van der Waals surface area contributed by atoms with Gasteiger partial charge in [-0.2, -0.15) is 0 Å². The SMILES string of the molecule is CC1=C(C(=O)Nc2ccccc2)C(c2cccs2)n2c(sc(=Cc3ccc(-c4ccc(Br)cc4)o3)c2=O)=N1. The van der Waals surface area contributed by atoms with Gasteiger partial charge in [0.25, 0.3) is 11.5 Å². The molecule has 0 bridgehead atoms. The molecule has 1 aliphatic rings. The molecule has 0 radical (unpaired) electrons. The number of halogens is 1. The van der Waals surface area contributed by atoms with E-state index >= 15 is 0 Å². The highest BCUT2D eigenvalue weighted by Crippen LogP contribution is 2.33. The minimum atomic E-state index is -0.577. The van der Waals surface area contributed by atoms with Crippen LogP contribution in [0.1, 0.15) is 23.6 Å². The number of rotatable bonds is 5. The lowest BCUT2D eigenvalue weighted by Gasteiger charge is -2.24. The molecule has 0 spiro atoms. The van der Waals surface area contributed by atoms with Gasteiger partial charge in [0.1, 0.15) is 17.6 Å². The molecule has 3 aromatic heterocycles. The quantitative estimate of drug-likeness (QED) is 0.270. The fourth-order valence-electron chi connectivity index (χ4n) is 4.38. The highest BCUT2D eigenvalue weighted by molar-refractivity contribution is 9.10. The number of allylic oxidation sites excluding steroid dienone is 1. The van der Waals surface area contributed by atoms with Gasteiger partial charge in [-0.25, -0.2) is 4.99 Å². The lowest BCUT2D eigenvalue weighted by Crippen LogP contribution is -2.40. The van der Waals surface area contributed by atoms with Crippen LogP contribution in [-0.2, 0) is 4.79 Å². The van der Waals surface area contributed by atoms with Crippen molar-refractivity contribution in [1.82, 2.24) is 4.57 Å². The normalized spacial score (nSPS) is 15.3. The van der Waals surface area contributed by atoms with Crippen molar-refractivity contribution in [2.75, 3.05) is 5.32 Å². The Bertz CT molecular complexity index is 1850. The molecule has 0 aliphatic carbocycles. The third-order valence-corrected chi connectivity index (χ3v) is 8.58. The second-order valence-electron chi connectivity index (χ2n) is 8.63. The Balaban J connectivity index is 1.42. The third kappa shape index (κ3) is 4.64. The number of amides is 1. The number of aromatic nitrogens is 1.